The minimum absolute atomic E-state index is 0.237. The average Bonchev–Trinajstić information content (AvgIpc) is 2.86. The van der Waals surface area contributed by atoms with Crippen LogP contribution in [0.15, 0.2) is 36.7 Å². The van der Waals surface area contributed by atoms with Gasteiger partial charge in [0.1, 0.15) is 0 Å². The largest absolute Gasteiger partial charge is 0.375 e. The van der Waals surface area contributed by atoms with Crippen molar-refractivity contribution in [2.75, 3.05) is 5.32 Å². The van der Waals surface area contributed by atoms with Crippen LogP contribution in [0.3, 0.4) is 0 Å². The molecule has 0 amide bonds. The lowest BCUT2D eigenvalue weighted by Crippen LogP contribution is -2.24. The van der Waals surface area contributed by atoms with Crippen molar-refractivity contribution < 1.29 is 0 Å². The van der Waals surface area contributed by atoms with E-state index in [0.29, 0.717) is 6.04 Å². The Labute approximate surface area is 101 Å². The summed E-state index contributed by atoms with van der Waals surface area (Å²) in [6.07, 6.45) is 4.85. The van der Waals surface area contributed by atoms with Gasteiger partial charge >= 0.3 is 0 Å². The van der Waals surface area contributed by atoms with E-state index in [0.717, 1.165) is 12.1 Å². The van der Waals surface area contributed by atoms with E-state index >= 15 is 0 Å². The lowest BCUT2D eigenvalue weighted by atomic mass is 9.85. The highest BCUT2D eigenvalue weighted by atomic mass is 15.1. The average molecular weight is 227 g/mol. The molecule has 1 aromatic carbocycles. The smallest absolute Gasteiger partial charge is 0.0728 e. The van der Waals surface area contributed by atoms with Gasteiger partial charge in [-0.3, -0.25) is 5.10 Å². The first-order valence-electron chi connectivity index (χ1n) is 6.00. The fraction of sp³-hybridized carbons (Fsp3) is 0.357. The molecule has 17 heavy (non-hydrogen) atoms. The number of benzene rings is 1. The summed E-state index contributed by atoms with van der Waals surface area (Å²) < 4.78 is 0. The minimum Gasteiger partial charge on any atom is -0.375 e. The number of hydrogen-bond acceptors (Lipinski definition) is 2. The zero-order valence-corrected chi connectivity index (χ0v) is 10.2. The number of aromatic nitrogens is 2. The van der Waals surface area contributed by atoms with E-state index < -0.39 is 0 Å². The number of H-pyrrole nitrogens is 1. The van der Waals surface area contributed by atoms with Gasteiger partial charge < -0.3 is 5.32 Å². The molecule has 1 aliphatic rings. The molecule has 2 N–H and O–H groups in total. The molecule has 3 rings (SSSR count). The standard InChI is InChI=1S/C14H17N3/c1-14(2)7-10-5-3-4-6-12(10)13(14)17-11-8-15-16-9-11/h3-6,8-9,13,17H,7H2,1-2H3,(H,15,16). The molecule has 0 spiro atoms. The van der Waals surface area contributed by atoms with Crippen LogP contribution in [0.4, 0.5) is 5.69 Å². The van der Waals surface area contributed by atoms with Crippen LogP contribution >= 0.6 is 0 Å². The molecule has 3 nitrogen and oxygen atoms in total. The SMILES string of the molecule is CC1(C)Cc2ccccc2C1Nc1cn[nH]c1. The molecule has 0 saturated heterocycles. The second kappa shape index (κ2) is 3.62. The molecular formula is C14H17N3. The van der Waals surface area contributed by atoms with Crippen molar-refractivity contribution >= 4 is 5.69 Å². The molecule has 0 radical (unpaired) electrons. The molecule has 1 heterocycles. The van der Waals surface area contributed by atoms with Gasteiger partial charge in [-0.05, 0) is 23.0 Å². The summed E-state index contributed by atoms with van der Waals surface area (Å²) in [5.41, 5.74) is 4.16. The summed E-state index contributed by atoms with van der Waals surface area (Å²) in [4.78, 5) is 0. The molecule has 1 unspecified atom stereocenters. The van der Waals surface area contributed by atoms with E-state index in [1.807, 2.05) is 12.4 Å². The molecular weight excluding hydrogens is 210 g/mol. The van der Waals surface area contributed by atoms with Crippen LogP contribution < -0.4 is 5.32 Å². The van der Waals surface area contributed by atoms with Gasteiger partial charge in [0.15, 0.2) is 0 Å². The normalized spacial score (nSPS) is 21.2. The van der Waals surface area contributed by atoms with Crippen LogP contribution in [-0.4, -0.2) is 10.2 Å². The summed E-state index contributed by atoms with van der Waals surface area (Å²) in [7, 11) is 0. The van der Waals surface area contributed by atoms with Gasteiger partial charge in [0.05, 0.1) is 17.9 Å². The molecule has 0 bridgehead atoms. The number of rotatable bonds is 2. The number of nitrogens with zero attached hydrogens (tertiary/aromatic N) is 1. The van der Waals surface area contributed by atoms with Gasteiger partial charge in [0, 0.05) is 6.20 Å². The number of nitrogens with one attached hydrogen (secondary N) is 2. The fourth-order valence-electron chi connectivity index (χ4n) is 2.76. The summed E-state index contributed by atoms with van der Waals surface area (Å²) in [5.74, 6) is 0. The molecule has 0 aliphatic heterocycles. The summed E-state index contributed by atoms with van der Waals surface area (Å²) >= 11 is 0. The Bertz CT molecular complexity index is 514. The number of fused-ring (bicyclic) bond motifs is 1. The Balaban J connectivity index is 1.97. The zero-order valence-electron chi connectivity index (χ0n) is 10.2. The second-order valence-electron chi connectivity index (χ2n) is 5.43. The van der Waals surface area contributed by atoms with Crippen molar-refractivity contribution in [1.29, 1.82) is 0 Å². The highest BCUT2D eigenvalue weighted by Gasteiger charge is 2.38. The third kappa shape index (κ3) is 1.71. The third-order valence-electron chi connectivity index (χ3n) is 3.60. The van der Waals surface area contributed by atoms with Crippen LogP contribution in [0, 0.1) is 5.41 Å². The van der Waals surface area contributed by atoms with Crippen LogP contribution in [0.25, 0.3) is 0 Å². The van der Waals surface area contributed by atoms with E-state index in [9.17, 15) is 0 Å². The summed E-state index contributed by atoms with van der Waals surface area (Å²) in [6.45, 7) is 4.62. The Morgan fingerprint density at radius 1 is 1.35 bits per heavy atom. The van der Waals surface area contributed by atoms with Gasteiger partial charge in [-0.15, -0.1) is 0 Å². The Morgan fingerprint density at radius 3 is 2.94 bits per heavy atom. The quantitative estimate of drug-likeness (QED) is 0.827. The molecule has 88 valence electrons. The van der Waals surface area contributed by atoms with Gasteiger partial charge in [0.25, 0.3) is 0 Å². The predicted octanol–water partition coefficient (Wildman–Crippen LogP) is 3.15. The van der Waals surface area contributed by atoms with Crippen molar-refractivity contribution in [3.8, 4) is 0 Å². The Hall–Kier alpha value is -1.77. The molecule has 2 aromatic rings. The van der Waals surface area contributed by atoms with Crippen LogP contribution in [0.2, 0.25) is 0 Å². The van der Waals surface area contributed by atoms with Crippen molar-refractivity contribution in [3.05, 3.63) is 47.8 Å². The van der Waals surface area contributed by atoms with Crippen LogP contribution in [-0.2, 0) is 6.42 Å². The lowest BCUT2D eigenvalue weighted by molar-refractivity contribution is 0.337. The molecule has 1 atom stereocenters. The van der Waals surface area contributed by atoms with Gasteiger partial charge in [-0.25, -0.2) is 0 Å². The van der Waals surface area contributed by atoms with E-state index in [2.05, 4.69) is 53.6 Å². The number of aromatic amines is 1. The predicted molar refractivity (Wildman–Crippen MR) is 68.9 cm³/mol. The van der Waals surface area contributed by atoms with Crippen molar-refractivity contribution in [3.63, 3.8) is 0 Å². The van der Waals surface area contributed by atoms with Gasteiger partial charge in [-0.1, -0.05) is 38.1 Å². The first-order chi connectivity index (χ1) is 8.17. The Morgan fingerprint density at radius 2 is 2.18 bits per heavy atom. The van der Waals surface area contributed by atoms with Crippen molar-refractivity contribution in [2.45, 2.75) is 26.3 Å². The third-order valence-corrected chi connectivity index (χ3v) is 3.60. The maximum atomic E-state index is 3.98. The topological polar surface area (TPSA) is 40.7 Å². The van der Waals surface area contributed by atoms with Gasteiger partial charge in [0.2, 0.25) is 0 Å². The summed E-state index contributed by atoms with van der Waals surface area (Å²) in [5, 5.41) is 10.4. The van der Waals surface area contributed by atoms with Crippen LogP contribution in [0.1, 0.15) is 31.0 Å². The maximum absolute atomic E-state index is 3.98. The molecule has 0 saturated carbocycles. The molecule has 1 aliphatic carbocycles. The maximum Gasteiger partial charge on any atom is 0.0728 e. The van der Waals surface area contributed by atoms with E-state index in [-0.39, 0.29) is 5.41 Å². The van der Waals surface area contributed by atoms with E-state index in [1.165, 1.54) is 11.1 Å². The lowest BCUT2D eigenvalue weighted by Gasteiger charge is -2.28. The molecule has 0 fully saturated rings. The minimum atomic E-state index is 0.237. The number of anilines is 1. The first-order valence-corrected chi connectivity index (χ1v) is 6.00. The number of hydrogen-bond donors (Lipinski definition) is 2. The monoisotopic (exact) mass is 227 g/mol. The van der Waals surface area contributed by atoms with Crippen LogP contribution in [0.5, 0.6) is 0 Å². The summed E-state index contributed by atoms with van der Waals surface area (Å²) in [6, 6.07) is 9.05. The molecule has 3 heteroatoms. The fourth-order valence-corrected chi connectivity index (χ4v) is 2.76. The zero-order chi connectivity index (χ0) is 11.9. The van der Waals surface area contributed by atoms with E-state index in [4.69, 9.17) is 0 Å². The first kappa shape index (κ1) is 10.4. The van der Waals surface area contributed by atoms with Crippen molar-refractivity contribution in [2.24, 2.45) is 5.41 Å². The van der Waals surface area contributed by atoms with E-state index in [1.54, 1.807) is 0 Å². The Kier molecular flexibility index (Phi) is 2.21. The highest BCUT2D eigenvalue weighted by molar-refractivity contribution is 5.47. The second-order valence-corrected chi connectivity index (χ2v) is 5.43. The van der Waals surface area contributed by atoms with Crippen molar-refractivity contribution in [1.82, 2.24) is 10.2 Å². The molecule has 1 aromatic heterocycles. The van der Waals surface area contributed by atoms with Gasteiger partial charge in [-0.2, -0.15) is 5.10 Å². The highest BCUT2D eigenvalue weighted by Crippen LogP contribution is 2.46.